The van der Waals surface area contributed by atoms with Crippen molar-refractivity contribution < 1.29 is 8.42 Å². The number of halogens is 1. The molecule has 0 saturated heterocycles. The minimum atomic E-state index is -3.79. The van der Waals surface area contributed by atoms with Crippen LogP contribution in [0.4, 0.5) is 11.5 Å². The SMILES string of the molecule is Cc1ccc(N)c(S(=O)(=O)Nc2ncccc2Br)c1C. The van der Waals surface area contributed by atoms with E-state index in [9.17, 15) is 8.42 Å². The van der Waals surface area contributed by atoms with E-state index in [0.29, 0.717) is 10.0 Å². The molecule has 7 heteroatoms. The number of hydrogen-bond donors (Lipinski definition) is 2. The zero-order chi connectivity index (χ0) is 14.9. The van der Waals surface area contributed by atoms with Crippen LogP contribution in [0.25, 0.3) is 0 Å². The molecule has 0 atom stereocenters. The number of anilines is 2. The van der Waals surface area contributed by atoms with Crippen LogP contribution >= 0.6 is 15.9 Å². The van der Waals surface area contributed by atoms with E-state index in [0.717, 1.165) is 5.56 Å². The second kappa shape index (κ2) is 5.41. The summed E-state index contributed by atoms with van der Waals surface area (Å²) in [7, 11) is -3.79. The number of benzene rings is 1. The Labute approximate surface area is 126 Å². The molecule has 2 aromatic rings. The fourth-order valence-corrected chi connectivity index (χ4v) is 3.75. The number of aryl methyl sites for hydroxylation is 1. The maximum absolute atomic E-state index is 12.5. The lowest BCUT2D eigenvalue weighted by Gasteiger charge is -2.14. The molecular weight excluding hydrogens is 342 g/mol. The van der Waals surface area contributed by atoms with Crippen LogP contribution in [0.1, 0.15) is 11.1 Å². The largest absolute Gasteiger partial charge is 0.398 e. The lowest BCUT2D eigenvalue weighted by Crippen LogP contribution is -2.17. The van der Waals surface area contributed by atoms with E-state index in [-0.39, 0.29) is 16.4 Å². The summed E-state index contributed by atoms with van der Waals surface area (Å²) in [6, 6.07) is 6.79. The van der Waals surface area contributed by atoms with Gasteiger partial charge in [0.2, 0.25) is 0 Å². The van der Waals surface area contributed by atoms with Gasteiger partial charge in [-0.3, -0.25) is 4.72 Å². The number of pyridine rings is 1. The maximum Gasteiger partial charge on any atom is 0.265 e. The number of sulfonamides is 1. The van der Waals surface area contributed by atoms with Gasteiger partial charge in [-0.2, -0.15) is 0 Å². The molecular formula is C13H14BrN3O2S. The van der Waals surface area contributed by atoms with Crippen molar-refractivity contribution in [2.75, 3.05) is 10.5 Å². The van der Waals surface area contributed by atoms with Crippen LogP contribution in [0.5, 0.6) is 0 Å². The van der Waals surface area contributed by atoms with Crippen molar-refractivity contribution in [1.29, 1.82) is 0 Å². The van der Waals surface area contributed by atoms with Gasteiger partial charge in [-0.05, 0) is 59.1 Å². The third-order valence-corrected chi connectivity index (χ3v) is 5.15. The molecule has 2 rings (SSSR count). The molecule has 0 saturated carbocycles. The van der Waals surface area contributed by atoms with Gasteiger partial charge in [-0.25, -0.2) is 13.4 Å². The first-order valence-corrected chi connectivity index (χ1v) is 8.09. The zero-order valence-corrected chi connectivity index (χ0v) is 13.4. The molecule has 0 fully saturated rings. The second-order valence-electron chi connectivity index (χ2n) is 4.37. The van der Waals surface area contributed by atoms with Crippen LogP contribution in [-0.2, 0) is 10.0 Å². The summed E-state index contributed by atoms with van der Waals surface area (Å²) in [5, 5.41) is 0. The molecule has 3 N–H and O–H groups in total. The highest BCUT2D eigenvalue weighted by Gasteiger charge is 2.22. The van der Waals surface area contributed by atoms with Gasteiger partial charge >= 0.3 is 0 Å². The van der Waals surface area contributed by atoms with Gasteiger partial charge in [0.25, 0.3) is 10.0 Å². The molecule has 0 amide bonds. The van der Waals surface area contributed by atoms with Crippen molar-refractivity contribution >= 4 is 37.5 Å². The van der Waals surface area contributed by atoms with Gasteiger partial charge in [0, 0.05) is 6.20 Å². The van der Waals surface area contributed by atoms with E-state index >= 15 is 0 Å². The Bertz CT molecular complexity index is 760. The molecule has 106 valence electrons. The molecule has 1 aromatic heterocycles. The van der Waals surface area contributed by atoms with Crippen molar-refractivity contribution in [3.05, 3.63) is 46.1 Å². The lowest BCUT2D eigenvalue weighted by molar-refractivity contribution is 0.600. The lowest BCUT2D eigenvalue weighted by atomic mass is 10.1. The van der Waals surface area contributed by atoms with Crippen molar-refractivity contribution in [2.45, 2.75) is 18.7 Å². The standard InChI is InChI=1S/C13H14BrN3O2S/c1-8-5-6-11(15)12(9(8)2)20(18,19)17-13-10(14)4-3-7-16-13/h3-7H,15H2,1-2H3,(H,16,17). The fraction of sp³-hybridized carbons (Fsp3) is 0.154. The van der Waals surface area contributed by atoms with Crippen LogP contribution < -0.4 is 10.5 Å². The summed E-state index contributed by atoms with van der Waals surface area (Å²) in [6.07, 6.45) is 1.51. The molecule has 0 aliphatic rings. The summed E-state index contributed by atoms with van der Waals surface area (Å²) < 4.78 is 28.0. The van der Waals surface area contributed by atoms with Crippen molar-refractivity contribution in [3.63, 3.8) is 0 Å². The molecule has 0 aliphatic carbocycles. The van der Waals surface area contributed by atoms with E-state index in [1.165, 1.54) is 6.20 Å². The number of nitrogens with two attached hydrogens (primary N) is 1. The summed E-state index contributed by atoms with van der Waals surface area (Å²) in [6.45, 7) is 3.57. The second-order valence-corrected chi connectivity index (χ2v) is 6.84. The normalized spacial score (nSPS) is 11.3. The van der Waals surface area contributed by atoms with Gasteiger partial charge in [-0.1, -0.05) is 6.07 Å². The third kappa shape index (κ3) is 2.78. The molecule has 0 bridgehead atoms. The predicted molar refractivity (Wildman–Crippen MR) is 83.1 cm³/mol. The molecule has 1 heterocycles. The first-order valence-electron chi connectivity index (χ1n) is 5.82. The Hall–Kier alpha value is -1.60. The van der Waals surface area contributed by atoms with Gasteiger partial charge < -0.3 is 5.73 Å². The molecule has 20 heavy (non-hydrogen) atoms. The quantitative estimate of drug-likeness (QED) is 0.829. The topological polar surface area (TPSA) is 85.1 Å². The number of hydrogen-bond acceptors (Lipinski definition) is 4. The molecule has 5 nitrogen and oxygen atoms in total. The van der Waals surface area contributed by atoms with E-state index in [4.69, 9.17) is 5.73 Å². The Morgan fingerprint density at radius 3 is 2.60 bits per heavy atom. The van der Waals surface area contributed by atoms with Gasteiger partial charge in [0.1, 0.15) is 4.90 Å². The predicted octanol–water partition coefficient (Wildman–Crippen LogP) is 2.84. The first-order chi connectivity index (χ1) is 9.33. The number of aromatic nitrogens is 1. The van der Waals surface area contributed by atoms with Gasteiger partial charge in [0.15, 0.2) is 5.82 Å². The van der Waals surface area contributed by atoms with Crippen LogP contribution in [0.2, 0.25) is 0 Å². The summed E-state index contributed by atoms with van der Waals surface area (Å²) in [4.78, 5) is 4.09. The summed E-state index contributed by atoms with van der Waals surface area (Å²) in [5.74, 6) is 0.229. The molecule has 0 aliphatic heterocycles. The van der Waals surface area contributed by atoms with Gasteiger partial charge in [-0.15, -0.1) is 0 Å². The highest BCUT2D eigenvalue weighted by Crippen LogP contribution is 2.28. The molecule has 0 unspecified atom stereocenters. The van der Waals surface area contributed by atoms with Crippen molar-refractivity contribution in [2.24, 2.45) is 0 Å². The Kier molecular flexibility index (Phi) is 4.01. The van der Waals surface area contributed by atoms with E-state index in [1.54, 1.807) is 31.2 Å². The van der Waals surface area contributed by atoms with Crippen LogP contribution in [0.3, 0.4) is 0 Å². The highest BCUT2D eigenvalue weighted by atomic mass is 79.9. The zero-order valence-electron chi connectivity index (χ0n) is 11.0. The minimum absolute atomic E-state index is 0.0926. The van der Waals surface area contributed by atoms with Crippen LogP contribution in [0, 0.1) is 13.8 Å². The van der Waals surface area contributed by atoms with E-state index in [2.05, 4.69) is 25.6 Å². The monoisotopic (exact) mass is 355 g/mol. The third-order valence-electron chi connectivity index (χ3n) is 2.97. The van der Waals surface area contributed by atoms with Crippen molar-refractivity contribution in [1.82, 2.24) is 4.98 Å². The maximum atomic E-state index is 12.5. The minimum Gasteiger partial charge on any atom is -0.398 e. The molecule has 0 radical (unpaired) electrons. The van der Waals surface area contributed by atoms with Gasteiger partial charge in [0.05, 0.1) is 10.2 Å². The van der Waals surface area contributed by atoms with Crippen LogP contribution in [0.15, 0.2) is 39.8 Å². The Morgan fingerprint density at radius 2 is 1.95 bits per heavy atom. The highest BCUT2D eigenvalue weighted by molar-refractivity contribution is 9.10. The van der Waals surface area contributed by atoms with Crippen LogP contribution in [-0.4, -0.2) is 13.4 Å². The number of rotatable bonds is 3. The molecule has 1 aromatic carbocycles. The summed E-state index contributed by atoms with van der Waals surface area (Å²) >= 11 is 3.25. The van der Waals surface area contributed by atoms with E-state index in [1.807, 2.05) is 6.92 Å². The molecule has 0 spiro atoms. The fourth-order valence-electron chi connectivity index (χ4n) is 1.81. The summed E-state index contributed by atoms with van der Waals surface area (Å²) in [5.41, 5.74) is 7.52. The Morgan fingerprint density at radius 1 is 1.25 bits per heavy atom. The van der Waals surface area contributed by atoms with Crippen molar-refractivity contribution in [3.8, 4) is 0 Å². The Balaban J connectivity index is 2.52. The number of nitrogen functional groups attached to an aromatic ring is 1. The first kappa shape index (κ1) is 14.8. The number of nitrogens with zero attached hydrogens (tertiary/aromatic N) is 1. The average molecular weight is 356 g/mol. The number of nitrogens with one attached hydrogen (secondary N) is 1. The smallest absolute Gasteiger partial charge is 0.265 e. The average Bonchev–Trinajstić information content (AvgIpc) is 2.37. The van der Waals surface area contributed by atoms with E-state index < -0.39 is 10.0 Å².